The summed E-state index contributed by atoms with van der Waals surface area (Å²) in [5, 5.41) is 4.59. The third kappa shape index (κ3) is 2.35. The number of nitrogens with zero attached hydrogens (tertiary/aromatic N) is 2. The average Bonchev–Trinajstić information content (AvgIpc) is 2.74. The summed E-state index contributed by atoms with van der Waals surface area (Å²) in [6, 6.07) is 9.80. The second-order valence-electron chi connectivity index (χ2n) is 5.43. The summed E-state index contributed by atoms with van der Waals surface area (Å²) < 4.78 is 0. The second kappa shape index (κ2) is 5.37. The first-order chi connectivity index (χ1) is 10.1. The van der Waals surface area contributed by atoms with Gasteiger partial charge in [-0.25, -0.2) is 0 Å². The summed E-state index contributed by atoms with van der Waals surface area (Å²) in [4.78, 5) is 31.0. The van der Waals surface area contributed by atoms with Crippen LogP contribution in [0.1, 0.15) is 19.8 Å². The van der Waals surface area contributed by atoms with Gasteiger partial charge in [-0.1, -0.05) is 18.2 Å². The van der Waals surface area contributed by atoms with Gasteiger partial charge in [0, 0.05) is 25.5 Å². The number of carbonyl (C=O) groups excluding carboxylic acids is 2. The number of amides is 1. The number of hydroxylamine groups is 2. The Kier molecular flexibility index (Phi) is 3.55. The third-order valence-corrected chi connectivity index (χ3v) is 4.09. The van der Waals surface area contributed by atoms with Crippen LogP contribution in [0.2, 0.25) is 0 Å². The van der Waals surface area contributed by atoms with Gasteiger partial charge in [0.05, 0.1) is 0 Å². The smallest absolute Gasteiger partial charge is 0.329 e. The molecule has 0 bridgehead atoms. The van der Waals surface area contributed by atoms with Crippen LogP contribution in [0.3, 0.4) is 0 Å². The van der Waals surface area contributed by atoms with Crippen molar-refractivity contribution in [2.45, 2.75) is 25.4 Å². The molecule has 1 aromatic rings. The van der Waals surface area contributed by atoms with Crippen LogP contribution in [0.4, 0.5) is 5.69 Å². The van der Waals surface area contributed by atoms with Gasteiger partial charge >= 0.3 is 5.97 Å². The fourth-order valence-corrected chi connectivity index (χ4v) is 3.19. The fourth-order valence-electron chi connectivity index (χ4n) is 3.19. The Morgan fingerprint density at radius 1 is 1.24 bits per heavy atom. The molecule has 0 saturated carbocycles. The molecule has 2 saturated heterocycles. The predicted octanol–water partition coefficient (Wildman–Crippen LogP) is 0.893. The van der Waals surface area contributed by atoms with Crippen molar-refractivity contribution >= 4 is 17.6 Å². The average molecular weight is 289 g/mol. The van der Waals surface area contributed by atoms with Crippen molar-refractivity contribution in [3.05, 3.63) is 30.3 Å². The van der Waals surface area contributed by atoms with Crippen LogP contribution < -0.4 is 10.2 Å². The molecule has 2 fully saturated rings. The van der Waals surface area contributed by atoms with Crippen molar-refractivity contribution in [2.24, 2.45) is 0 Å². The van der Waals surface area contributed by atoms with Crippen LogP contribution in [-0.4, -0.2) is 42.2 Å². The zero-order valence-electron chi connectivity index (χ0n) is 12.0. The lowest BCUT2D eigenvalue weighted by atomic mass is 9.96. The highest BCUT2D eigenvalue weighted by Crippen LogP contribution is 2.39. The number of nitrogens with one attached hydrogen (secondary N) is 1. The van der Waals surface area contributed by atoms with Gasteiger partial charge in [0.15, 0.2) is 5.66 Å². The number of para-hydroxylation sites is 1. The van der Waals surface area contributed by atoms with Crippen LogP contribution >= 0.6 is 0 Å². The molecule has 2 aliphatic rings. The summed E-state index contributed by atoms with van der Waals surface area (Å²) >= 11 is 0. The molecule has 1 aromatic carbocycles. The minimum atomic E-state index is -0.574. The first-order valence-electron chi connectivity index (χ1n) is 7.18. The highest BCUT2D eigenvalue weighted by molar-refractivity contribution is 5.87. The van der Waals surface area contributed by atoms with E-state index >= 15 is 0 Å². The van der Waals surface area contributed by atoms with Gasteiger partial charge in [-0.2, -0.15) is 0 Å². The highest BCUT2D eigenvalue weighted by atomic mass is 16.7. The maximum Gasteiger partial charge on any atom is 0.329 e. The van der Waals surface area contributed by atoms with Crippen molar-refractivity contribution in [3.8, 4) is 0 Å². The number of rotatable bonds is 2. The molecule has 0 aliphatic carbocycles. The van der Waals surface area contributed by atoms with Crippen molar-refractivity contribution in [2.75, 3.05) is 24.5 Å². The lowest BCUT2D eigenvalue weighted by molar-refractivity contribution is -0.214. The lowest BCUT2D eigenvalue weighted by Gasteiger charge is -2.45. The first-order valence-corrected chi connectivity index (χ1v) is 7.18. The van der Waals surface area contributed by atoms with E-state index in [-0.39, 0.29) is 12.5 Å². The molecule has 1 amide bonds. The summed E-state index contributed by atoms with van der Waals surface area (Å²) in [5.74, 6) is -0.632. The minimum absolute atomic E-state index is 0.170. The van der Waals surface area contributed by atoms with Gasteiger partial charge in [0.25, 0.3) is 5.91 Å². The number of carbonyl (C=O) groups is 2. The van der Waals surface area contributed by atoms with Crippen LogP contribution in [-0.2, 0) is 14.4 Å². The van der Waals surface area contributed by atoms with Gasteiger partial charge in [-0.3, -0.25) is 9.59 Å². The molecule has 112 valence electrons. The van der Waals surface area contributed by atoms with E-state index in [0.29, 0.717) is 0 Å². The van der Waals surface area contributed by atoms with Crippen molar-refractivity contribution in [1.29, 1.82) is 0 Å². The van der Waals surface area contributed by atoms with E-state index in [9.17, 15) is 9.59 Å². The van der Waals surface area contributed by atoms with Crippen LogP contribution in [0.25, 0.3) is 0 Å². The molecular formula is C15H19N3O3. The van der Waals surface area contributed by atoms with Gasteiger partial charge in [-0.05, 0) is 25.2 Å². The molecule has 1 spiro atoms. The molecule has 21 heavy (non-hydrogen) atoms. The summed E-state index contributed by atoms with van der Waals surface area (Å²) in [5.41, 5.74) is 0.400. The van der Waals surface area contributed by atoms with Crippen LogP contribution in [0, 0.1) is 0 Å². The van der Waals surface area contributed by atoms with Gasteiger partial charge < -0.3 is 15.1 Å². The SMILES string of the molecule is CC(=O)ON1C(=O)CN(c2ccccc2)C12CCNCC2. The lowest BCUT2D eigenvalue weighted by Crippen LogP contribution is -2.59. The normalized spacial score (nSPS) is 20.9. The number of piperidine rings is 1. The maximum atomic E-state index is 12.4. The minimum Gasteiger partial charge on any atom is -0.336 e. The van der Waals surface area contributed by atoms with E-state index in [0.717, 1.165) is 31.6 Å². The van der Waals surface area contributed by atoms with Gasteiger partial charge in [-0.15, -0.1) is 5.06 Å². The van der Waals surface area contributed by atoms with E-state index in [1.807, 2.05) is 30.3 Å². The molecule has 0 atom stereocenters. The topological polar surface area (TPSA) is 61.9 Å². The van der Waals surface area contributed by atoms with E-state index in [1.54, 1.807) is 0 Å². The molecule has 0 radical (unpaired) electrons. The highest BCUT2D eigenvalue weighted by Gasteiger charge is 2.54. The Morgan fingerprint density at radius 2 is 1.90 bits per heavy atom. The van der Waals surface area contributed by atoms with E-state index < -0.39 is 11.6 Å². The largest absolute Gasteiger partial charge is 0.336 e. The Labute approximate surface area is 123 Å². The molecular weight excluding hydrogens is 270 g/mol. The van der Waals surface area contributed by atoms with Gasteiger partial charge in [0.1, 0.15) is 6.54 Å². The quantitative estimate of drug-likeness (QED) is 0.876. The first kappa shape index (κ1) is 13.9. The maximum absolute atomic E-state index is 12.4. The molecule has 3 rings (SSSR count). The molecule has 0 aromatic heterocycles. The molecule has 0 unspecified atom stereocenters. The standard InChI is InChI=1S/C15H19N3O3/c1-12(19)21-18-14(20)11-17(13-5-3-2-4-6-13)15(18)7-9-16-10-8-15/h2-6,16H,7-11H2,1H3. The summed E-state index contributed by atoms with van der Waals surface area (Å²) in [6.07, 6.45) is 1.45. The van der Waals surface area contributed by atoms with Crippen LogP contribution in [0.15, 0.2) is 30.3 Å². The number of hydrogen-bond donors (Lipinski definition) is 1. The van der Waals surface area contributed by atoms with Crippen molar-refractivity contribution in [3.63, 3.8) is 0 Å². The monoisotopic (exact) mass is 289 g/mol. The zero-order chi connectivity index (χ0) is 14.9. The molecule has 6 heteroatoms. The second-order valence-corrected chi connectivity index (χ2v) is 5.43. The predicted molar refractivity (Wildman–Crippen MR) is 77.2 cm³/mol. The number of anilines is 1. The van der Waals surface area contributed by atoms with E-state index in [4.69, 9.17) is 4.84 Å². The van der Waals surface area contributed by atoms with Crippen LogP contribution in [0.5, 0.6) is 0 Å². The zero-order valence-corrected chi connectivity index (χ0v) is 12.0. The van der Waals surface area contributed by atoms with Crippen molar-refractivity contribution < 1.29 is 14.4 Å². The summed E-state index contributed by atoms with van der Waals surface area (Å²) in [7, 11) is 0. The van der Waals surface area contributed by atoms with E-state index in [1.165, 1.54) is 12.0 Å². The van der Waals surface area contributed by atoms with E-state index in [2.05, 4.69) is 10.2 Å². The third-order valence-electron chi connectivity index (χ3n) is 4.09. The Bertz CT molecular complexity index is 540. The molecule has 1 N–H and O–H groups in total. The van der Waals surface area contributed by atoms with Gasteiger partial charge in [0.2, 0.25) is 0 Å². The molecule has 2 heterocycles. The Hall–Kier alpha value is -2.08. The number of hydrogen-bond acceptors (Lipinski definition) is 5. The Morgan fingerprint density at radius 3 is 2.52 bits per heavy atom. The van der Waals surface area contributed by atoms with Crippen molar-refractivity contribution in [1.82, 2.24) is 10.4 Å². The molecule has 6 nitrogen and oxygen atoms in total. The summed E-state index contributed by atoms with van der Waals surface area (Å²) in [6.45, 7) is 3.13. The molecule has 2 aliphatic heterocycles. The fraction of sp³-hybridized carbons (Fsp3) is 0.467. The number of benzene rings is 1. The Balaban J connectivity index is 1.99.